The molecule has 0 unspecified atom stereocenters. The largest absolute Gasteiger partial charge is 0.455 e. The zero-order valence-corrected chi connectivity index (χ0v) is 15.1. The number of carbonyl (C=O) groups is 2. The van der Waals surface area contributed by atoms with E-state index < -0.39 is 28.5 Å². The van der Waals surface area contributed by atoms with Crippen molar-refractivity contribution < 1.29 is 22.7 Å². The number of amides is 1. The van der Waals surface area contributed by atoms with Gasteiger partial charge in [0.05, 0.1) is 21.5 Å². The van der Waals surface area contributed by atoms with Crippen molar-refractivity contribution in [2.75, 3.05) is 26.0 Å². The Hall–Kier alpha value is -1.64. The van der Waals surface area contributed by atoms with Gasteiger partial charge in [-0.15, -0.1) is 0 Å². The van der Waals surface area contributed by atoms with Gasteiger partial charge in [0.25, 0.3) is 5.91 Å². The molecule has 0 heterocycles. The zero-order valence-electron chi connectivity index (χ0n) is 13.6. The number of sulfonamides is 1. The Kier molecular flexibility index (Phi) is 5.52. The van der Waals surface area contributed by atoms with Crippen molar-refractivity contribution in [1.29, 1.82) is 0 Å². The van der Waals surface area contributed by atoms with Crippen LogP contribution in [0, 0.1) is 11.8 Å². The smallest absolute Gasteiger partial charge is 0.309 e. The van der Waals surface area contributed by atoms with E-state index in [0.717, 1.165) is 10.7 Å². The van der Waals surface area contributed by atoms with E-state index in [4.69, 9.17) is 16.3 Å². The Morgan fingerprint density at radius 1 is 1.38 bits per heavy atom. The van der Waals surface area contributed by atoms with Crippen LogP contribution in [0.2, 0.25) is 5.02 Å². The van der Waals surface area contributed by atoms with Gasteiger partial charge in [0.2, 0.25) is 10.0 Å². The number of hydrogen-bond donors (Lipinski definition) is 1. The molecule has 0 radical (unpaired) electrons. The number of benzene rings is 1. The molecule has 2 rings (SSSR count). The van der Waals surface area contributed by atoms with Crippen LogP contribution in [0.1, 0.15) is 13.3 Å². The number of anilines is 1. The lowest BCUT2D eigenvalue weighted by atomic mass is 10.3. The Labute approximate surface area is 146 Å². The summed E-state index contributed by atoms with van der Waals surface area (Å²) >= 11 is 5.98. The van der Waals surface area contributed by atoms with E-state index in [1.165, 1.54) is 32.3 Å². The molecule has 1 saturated carbocycles. The van der Waals surface area contributed by atoms with Gasteiger partial charge in [-0.3, -0.25) is 9.59 Å². The molecular weight excluding hydrogens is 356 g/mol. The third-order valence-electron chi connectivity index (χ3n) is 3.75. The van der Waals surface area contributed by atoms with Gasteiger partial charge in [-0.1, -0.05) is 18.5 Å². The van der Waals surface area contributed by atoms with Crippen molar-refractivity contribution in [3.8, 4) is 0 Å². The van der Waals surface area contributed by atoms with E-state index in [9.17, 15) is 18.0 Å². The number of nitrogens with one attached hydrogen (secondary N) is 1. The molecule has 24 heavy (non-hydrogen) atoms. The number of halogens is 1. The van der Waals surface area contributed by atoms with Crippen LogP contribution in [0.25, 0.3) is 0 Å². The van der Waals surface area contributed by atoms with E-state index in [2.05, 4.69) is 5.32 Å². The van der Waals surface area contributed by atoms with Gasteiger partial charge < -0.3 is 10.1 Å². The quantitative estimate of drug-likeness (QED) is 0.765. The van der Waals surface area contributed by atoms with E-state index in [-0.39, 0.29) is 21.5 Å². The second-order valence-corrected chi connectivity index (χ2v) is 8.46. The Morgan fingerprint density at radius 2 is 2.00 bits per heavy atom. The molecule has 1 N–H and O–H groups in total. The maximum Gasteiger partial charge on any atom is 0.309 e. The molecule has 132 valence electrons. The maximum atomic E-state index is 12.1. The average Bonchev–Trinajstić information content (AvgIpc) is 3.23. The van der Waals surface area contributed by atoms with Gasteiger partial charge in [-0.25, -0.2) is 12.7 Å². The van der Waals surface area contributed by atoms with E-state index in [1.807, 2.05) is 6.92 Å². The molecule has 0 aliphatic heterocycles. The molecule has 0 saturated heterocycles. The first-order valence-electron chi connectivity index (χ1n) is 7.31. The first-order valence-corrected chi connectivity index (χ1v) is 9.13. The number of carbonyl (C=O) groups excluding carboxylic acids is 2. The summed E-state index contributed by atoms with van der Waals surface area (Å²) in [5.41, 5.74) is 0.139. The number of hydrogen-bond acceptors (Lipinski definition) is 5. The summed E-state index contributed by atoms with van der Waals surface area (Å²) in [6.07, 6.45) is 0.775. The zero-order chi connectivity index (χ0) is 18.1. The second kappa shape index (κ2) is 7.08. The number of nitrogens with zero attached hydrogens (tertiary/aromatic N) is 1. The van der Waals surface area contributed by atoms with Crippen molar-refractivity contribution >= 4 is 39.2 Å². The van der Waals surface area contributed by atoms with Crippen LogP contribution in [-0.4, -0.2) is 45.3 Å². The summed E-state index contributed by atoms with van der Waals surface area (Å²) < 4.78 is 30.2. The van der Waals surface area contributed by atoms with Gasteiger partial charge in [0.1, 0.15) is 0 Å². The van der Waals surface area contributed by atoms with Crippen molar-refractivity contribution in [1.82, 2.24) is 4.31 Å². The summed E-state index contributed by atoms with van der Waals surface area (Å²) in [6, 6.07) is 3.99. The summed E-state index contributed by atoms with van der Waals surface area (Å²) in [4.78, 5) is 23.5. The van der Waals surface area contributed by atoms with Crippen LogP contribution in [0.15, 0.2) is 23.1 Å². The fourth-order valence-corrected chi connectivity index (χ4v) is 3.15. The molecule has 0 spiro atoms. The molecular formula is C15H19ClN2O5S. The highest BCUT2D eigenvalue weighted by Crippen LogP contribution is 2.38. The lowest BCUT2D eigenvalue weighted by Gasteiger charge is -2.14. The Bertz CT molecular complexity index is 763. The lowest BCUT2D eigenvalue weighted by Crippen LogP contribution is -2.23. The summed E-state index contributed by atoms with van der Waals surface area (Å²) in [7, 11) is -0.842. The molecule has 1 aliphatic rings. The van der Waals surface area contributed by atoms with E-state index in [0.29, 0.717) is 5.92 Å². The third-order valence-corrected chi connectivity index (χ3v) is 5.89. The van der Waals surface area contributed by atoms with E-state index >= 15 is 0 Å². The molecule has 1 aromatic carbocycles. The standard InChI is InChI=1S/C15H19ClN2O5S/c1-9-6-11(9)15(20)23-8-14(19)17-13-7-10(4-5-12(13)16)24(21,22)18(2)3/h4-5,7,9,11H,6,8H2,1-3H3,(H,17,19)/t9-,11-/m1/s1. The van der Waals surface area contributed by atoms with Crippen LogP contribution in [0.3, 0.4) is 0 Å². The van der Waals surface area contributed by atoms with Crippen molar-refractivity contribution in [3.63, 3.8) is 0 Å². The van der Waals surface area contributed by atoms with Crippen LogP contribution in [-0.2, 0) is 24.3 Å². The minimum absolute atomic E-state index is 0.00370. The minimum atomic E-state index is -3.65. The molecule has 1 aliphatic carbocycles. The van der Waals surface area contributed by atoms with Crippen LogP contribution in [0.4, 0.5) is 5.69 Å². The van der Waals surface area contributed by atoms with Crippen molar-refractivity contribution in [2.24, 2.45) is 11.8 Å². The van der Waals surface area contributed by atoms with E-state index in [1.54, 1.807) is 0 Å². The second-order valence-electron chi connectivity index (χ2n) is 5.90. The fourth-order valence-electron chi connectivity index (χ4n) is 2.05. The topological polar surface area (TPSA) is 92.8 Å². The first-order chi connectivity index (χ1) is 11.1. The van der Waals surface area contributed by atoms with Gasteiger partial charge >= 0.3 is 5.97 Å². The first kappa shape index (κ1) is 18.7. The minimum Gasteiger partial charge on any atom is -0.455 e. The molecule has 7 nitrogen and oxygen atoms in total. The number of rotatable bonds is 6. The monoisotopic (exact) mass is 374 g/mol. The molecule has 1 aromatic rings. The molecule has 2 atom stereocenters. The molecule has 1 fully saturated rings. The fraction of sp³-hybridized carbons (Fsp3) is 0.467. The third kappa shape index (κ3) is 4.25. The SMILES string of the molecule is C[C@@H]1C[C@H]1C(=O)OCC(=O)Nc1cc(S(=O)(=O)N(C)C)ccc1Cl. The molecule has 9 heteroatoms. The highest BCUT2D eigenvalue weighted by Gasteiger charge is 2.40. The lowest BCUT2D eigenvalue weighted by molar-refractivity contribution is -0.148. The van der Waals surface area contributed by atoms with Crippen molar-refractivity contribution in [2.45, 2.75) is 18.2 Å². The number of esters is 1. The van der Waals surface area contributed by atoms with Gasteiger partial charge in [-0.2, -0.15) is 0 Å². The average molecular weight is 375 g/mol. The summed E-state index contributed by atoms with van der Waals surface area (Å²) in [5, 5.41) is 2.64. The maximum absolute atomic E-state index is 12.1. The Balaban J connectivity index is 2.03. The van der Waals surface area contributed by atoms with Crippen molar-refractivity contribution in [3.05, 3.63) is 23.2 Å². The highest BCUT2D eigenvalue weighted by atomic mass is 35.5. The summed E-state index contributed by atoms with van der Waals surface area (Å²) in [6.45, 7) is 1.49. The van der Waals surface area contributed by atoms with Gasteiger partial charge in [0, 0.05) is 14.1 Å². The highest BCUT2D eigenvalue weighted by molar-refractivity contribution is 7.89. The van der Waals surface area contributed by atoms with Crippen LogP contribution in [0.5, 0.6) is 0 Å². The van der Waals surface area contributed by atoms with Crippen LogP contribution >= 0.6 is 11.6 Å². The van der Waals surface area contributed by atoms with Gasteiger partial charge in [0.15, 0.2) is 6.61 Å². The molecule has 0 bridgehead atoms. The predicted molar refractivity (Wildman–Crippen MR) is 89.2 cm³/mol. The predicted octanol–water partition coefficient (Wildman–Crippen LogP) is 1.73. The van der Waals surface area contributed by atoms with Crippen LogP contribution < -0.4 is 5.32 Å². The normalized spacial score (nSPS) is 19.9. The summed E-state index contributed by atoms with van der Waals surface area (Å²) in [5.74, 6) is -0.816. The molecule has 0 aromatic heterocycles. The molecule has 1 amide bonds. The van der Waals surface area contributed by atoms with Gasteiger partial charge in [-0.05, 0) is 30.5 Å². The number of ether oxygens (including phenoxy) is 1. The Morgan fingerprint density at radius 3 is 2.54 bits per heavy atom.